The van der Waals surface area contributed by atoms with Gasteiger partial charge in [0.15, 0.2) is 0 Å². The number of ether oxygens (including phenoxy) is 1. The number of carbonyl (C=O) groups excluding carboxylic acids is 1. The topological polar surface area (TPSA) is 26.3 Å². The molecule has 0 spiro atoms. The van der Waals surface area contributed by atoms with Crippen molar-refractivity contribution in [3.05, 3.63) is 107 Å². The number of carbonyl (C=O) groups is 1. The predicted molar refractivity (Wildman–Crippen MR) is 113 cm³/mol. The second kappa shape index (κ2) is 7.77. The molecule has 0 saturated heterocycles. The van der Waals surface area contributed by atoms with Gasteiger partial charge in [-0.15, -0.1) is 0 Å². The maximum Gasteiger partial charge on any atom is 0.339 e. The van der Waals surface area contributed by atoms with Crippen molar-refractivity contribution < 1.29 is 9.53 Å². The van der Waals surface area contributed by atoms with Gasteiger partial charge in [0.25, 0.3) is 0 Å². The van der Waals surface area contributed by atoms with E-state index in [-0.39, 0.29) is 12.6 Å². The fraction of sp³-hybridized carbons (Fsp3) is 0.0417. The average molecular weight is 417 g/mol. The molecule has 0 aliphatic heterocycles. The van der Waals surface area contributed by atoms with Gasteiger partial charge < -0.3 is 4.74 Å². The third kappa shape index (κ3) is 3.79. The molecular formula is C24H17BrO2. The number of esters is 1. The second-order valence-corrected chi connectivity index (χ2v) is 7.08. The van der Waals surface area contributed by atoms with Gasteiger partial charge in [-0.3, -0.25) is 0 Å². The molecular weight excluding hydrogens is 400 g/mol. The molecule has 2 nitrogen and oxygen atoms in total. The van der Waals surface area contributed by atoms with Crippen LogP contribution in [-0.2, 0) is 11.3 Å². The van der Waals surface area contributed by atoms with Crippen LogP contribution in [0.4, 0.5) is 0 Å². The minimum atomic E-state index is -0.334. The van der Waals surface area contributed by atoms with Gasteiger partial charge in [-0.1, -0.05) is 84.9 Å². The fourth-order valence-corrected chi connectivity index (χ4v) is 3.70. The first-order chi connectivity index (χ1) is 13.2. The molecule has 0 unspecified atom stereocenters. The summed E-state index contributed by atoms with van der Waals surface area (Å²) >= 11 is 3.54. The van der Waals surface area contributed by atoms with E-state index in [1.54, 1.807) is 6.07 Å². The Bertz CT molecular complexity index is 1090. The molecule has 0 saturated carbocycles. The quantitative estimate of drug-likeness (QED) is 0.349. The summed E-state index contributed by atoms with van der Waals surface area (Å²) in [6.07, 6.45) is 0. The number of halogens is 1. The van der Waals surface area contributed by atoms with Crippen LogP contribution in [0.3, 0.4) is 0 Å². The molecule has 0 amide bonds. The molecule has 0 bridgehead atoms. The standard InChI is InChI=1S/C24H17BrO2/c25-23-21-9-5-4-8-20(21)14-15-22(23)24(26)27-16-17-10-12-19(13-11-17)18-6-2-1-3-7-18/h1-15H,16H2. The molecule has 4 aromatic rings. The molecule has 0 aromatic heterocycles. The summed E-state index contributed by atoms with van der Waals surface area (Å²) in [4.78, 5) is 12.5. The monoisotopic (exact) mass is 416 g/mol. The van der Waals surface area contributed by atoms with Crippen LogP contribution in [0.5, 0.6) is 0 Å². The zero-order valence-electron chi connectivity index (χ0n) is 14.6. The van der Waals surface area contributed by atoms with Gasteiger partial charge in [-0.05, 0) is 49.5 Å². The zero-order valence-corrected chi connectivity index (χ0v) is 16.1. The predicted octanol–water partition coefficient (Wildman–Crippen LogP) is 6.63. The summed E-state index contributed by atoms with van der Waals surface area (Å²) in [5.41, 5.74) is 3.80. The molecule has 4 aromatic carbocycles. The lowest BCUT2D eigenvalue weighted by Crippen LogP contribution is -2.06. The van der Waals surface area contributed by atoms with Crippen LogP contribution < -0.4 is 0 Å². The third-order valence-corrected chi connectivity index (χ3v) is 5.37. The van der Waals surface area contributed by atoms with Gasteiger partial charge in [0.2, 0.25) is 0 Å². The first kappa shape index (κ1) is 17.5. The van der Waals surface area contributed by atoms with E-state index in [0.717, 1.165) is 26.4 Å². The Kier molecular flexibility index (Phi) is 5.03. The summed E-state index contributed by atoms with van der Waals surface area (Å²) < 4.78 is 6.29. The van der Waals surface area contributed by atoms with Gasteiger partial charge in [0, 0.05) is 4.47 Å². The van der Waals surface area contributed by atoms with Crippen molar-refractivity contribution in [1.29, 1.82) is 0 Å². The smallest absolute Gasteiger partial charge is 0.339 e. The van der Waals surface area contributed by atoms with E-state index >= 15 is 0 Å². The lowest BCUT2D eigenvalue weighted by molar-refractivity contribution is 0.0472. The van der Waals surface area contributed by atoms with Gasteiger partial charge in [0.05, 0.1) is 5.56 Å². The third-order valence-electron chi connectivity index (χ3n) is 4.51. The first-order valence-corrected chi connectivity index (χ1v) is 9.50. The zero-order chi connectivity index (χ0) is 18.6. The Hall–Kier alpha value is -2.91. The molecule has 0 heterocycles. The van der Waals surface area contributed by atoms with Crippen LogP contribution >= 0.6 is 15.9 Å². The average Bonchev–Trinajstić information content (AvgIpc) is 2.73. The van der Waals surface area contributed by atoms with Gasteiger partial charge in [-0.25, -0.2) is 4.79 Å². The largest absolute Gasteiger partial charge is 0.457 e. The van der Waals surface area contributed by atoms with Crippen molar-refractivity contribution >= 4 is 32.7 Å². The van der Waals surface area contributed by atoms with Crippen LogP contribution in [0.15, 0.2) is 95.5 Å². The number of hydrogen-bond acceptors (Lipinski definition) is 2. The van der Waals surface area contributed by atoms with Crippen molar-refractivity contribution in [2.45, 2.75) is 6.61 Å². The van der Waals surface area contributed by atoms with Gasteiger partial charge in [0.1, 0.15) is 6.61 Å². The van der Waals surface area contributed by atoms with Crippen molar-refractivity contribution in [2.75, 3.05) is 0 Å². The second-order valence-electron chi connectivity index (χ2n) is 6.29. The normalized spacial score (nSPS) is 10.7. The Labute approximate surface area is 166 Å². The minimum Gasteiger partial charge on any atom is -0.457 e. The van der Waals surface area contributed by atoms with E-state index in [1.807, 2.05) is 72.8 Å². The molecule has 27 heavy (non-hydrogen) atoms. The summed E-state index contributed by atoms with van der Waals surface area (Å²) in [7, 11) is 0. The van der Waals surface area contributed by atoms with Gasteiger partial charge in [-0.2, -0.15) is 0 Å². The van der Waals surface area contributed by atoms with Crippen LogP contribution in [0.2, 0.25) is 0 Å². The lowest BCUT2D eigenvalue weighted by atomic mass is 10.0. The number of benzene rings is 4. The van der Waals surface area contributed by atoms with Gasteiger partial charge >= 0.3 is 5.97 Å². The highest BCUT2D eigenvalue weighted by Crippen LogP contribution is 2.28. The molecule has 0 fully saturated rings. The Morgan fingerprint density at radius 3 is 2.19 bits per heavy atom. The van der Waals surface area contributed by atoms with E-state index in [1.165, 1.54) is 5.56 Å². The molecule has 0 radical (unpaired) electrons. The molecule has 132 valence electrons. The molecule has 3 heteroatoms. The van der Waals surface area contributed by atoms with Crippen molar-refractivity contribution in [3.63, 3.8) is 0 Å². The lowest BCUT2D eigenvalue weighted by Gasteiger charge is -2.09. The Morgan fingerprint density at radius 1 is 0.741 bits per heavy atom. The van der Waals surface area contributed by atoms with E-state index in [0.29, 0.717) is 5.56 Å². The molecule has 0 aliphatic carbocycles. The maximum absolute atomic E-state index is 12.5. The summed E-state index contributed by atoms with van der Waals surface area (Å²) in [6.45, 7) is 0.243. The SMILES string of the molecule is O=C(OCc1ccc(-c2ccccc2)cc1)c1ccc2ccccc2c1Br. The van der Waals surface area contributed by atoms with Crippen LogP contribution in [0.1, 0.15) is 15.9 Å². The summed E-state index contributed by atoms with van der Waals surface area (Å²) in [5, 5.41) is 2.08. The maximum atomic E-state index is 12.5. The van der Waals surface area contributed by atoms with Crippen LogP contribution in [0, 0.1) is 0 Å². The molecule has 0 atom stereocenters. The van der Waals surface area contributed by atoms with E-state index < -0.39 is 0 Å². The van der Waals surface area contributed by atoms with Crippen LogP contribution in [0.25, 0.3) is 21.9 Å². The molecule has 0 N–H and O–H groups in total. The fourth-order valence-electron chi connectivity index (χ4n) is 3.04. The van der Waals surface area contributed by atoms with Crippen molar-refractivity contribution in [3.8, 4) is 11.1 Å². The highest BCUT2D eigenvalue weighted by atomic mass is 79.9. The minimum absolute atomic E-state index is 0.243. The van der Waals surface area contributed by atoms with Crippen molar-refractivity contribution in [2.24, 2.45) is 0 Å². The first-order valence-electron chi connectivity index (χ1n) is 8.71. The van der Waals surface area contributed by atoms with E-state index in [4.69, 9.17) is 4.74 Å². The summed E-state index contributed by atoms with van der Waals surface area (Å²) in [6, 6.07) is 29.9. The number of fused-ring (bicyclic) bond motifs is 1. The van der Waals surface area contributed by atoms with Crippen molar-refractivity contribution in [1.82, 2.24) is 0 Å². The van der Waals surface area contributed by atoms with E-state index in [9.17, 15) is 4.79 Å². The van der Waals surface area contributed by atoms with Crippen LogP contribution in [-0.4, -0.2) is 5.97 Å². The highest BCUT2D eigenvalue weighted by molar-refractivity contribution is 9.10. The van der Waals surface area contributed by atoms with E-state index in [2.05, 4.69) is 28.1 Å². The number of hydrogen-bond donors (Lipinski definition) is 0. The number of rotatable bonds is 4. The summed E-state index contributed by atoms with van der Waals surface area (Å²) in [5.74, 6) is -0.334. The molecule has 0 aliphatic rings. The Balaban J connectivity index is 1.47. The Morgan fingerprint density at radius 2 is 1.41 bits per heavy atom. The molecule has 4 rings (SSSR count). The highest BCUT2D eigenvalue weighted by Gasteiger charge is 2.14.